The van der Waals surface area contributed by atoms with Gasteiger partial charge in [-0.25, -0.2) is 4.98 Å². The van der Waals surface area contributed by atoms with Gasteiger partial charge in [-0.3, -0.25) is 4.98 Å². The van der Waals surface area contributed by atoms with E-state index in [1.54, 1.807) is 12.4 Å². The molecule has 0 saturated heterocycles. The van der Waals surface area contributed by atoms with E-state index < -0.39 is 0 Å². The van der Waals surface area contributed by atoms with Crippen LogP contribution in [-0.2, 0) is 12.0 Å². The Hall–Kier alpha value is -1.90. The molecular weight excluding hydrogens is 224 g/mol. The van der Waals surface area contributed by atoms with Crippen molar-refractivity contribution in [2.75, 3.05) is 0 Å². The Kier molecular flexibility index (Phi) is 3.60. The fourth-order valence-corrected chi connectivity index (χ4v) is 1.55. The van der Waals surface area contributed by atoms with Gasteiger partial charge in [-0.2, -0.15) is 0 Å². The van der Waals surface area contributed by atoms with E-state index in [4.69, 9.17) is 4.74 Å². The standard InChI is InChI=1S/C15H18N2O/c1-15(2,3)13-5-4-6-14(17-13)18-11-12-7-9-16-10-8-12/h4-10H,11H2,1-3H3. The average Bonchev–Trinajstić information content (AvgIpc) is 2.37. The molecule has 0 amide bonds. The molecule has 0 aromatic carbocycles. The lowest BCUT2D eigenvalue weighted by Gasteiger charge is -2.18. The van der Waals surface area contributed by atoms with Gasteiger partial charge in [0.1, 0.15) is 6.61 Å². The quantitative estimate of drug-likeness (QED) is 0.827. The van der Waals surface area contributed by atoms with Crippen LogP contribution in [0.15, 0.2) is 42.7 Å². The second kappa shape index (κ2) is 5.17. The molecule has 0 aliphatic heterocycles. The highest BCUT2D eigenvalue weighted by Crippen LogP contribution is 2.22. The van der Waals surface area contributed by atoms with E-state index in [-0.39, 0.29) is 5.41 Å². The minimum Gasteiger partial charge on any atom is -0.473 e. The molecule has 2 aromatic rings. The first-order valence-corrected chi connectivity index (χ1v) is 6.05. The van der Waals surface area contributed by atoms with Crippen molar-refractivity contribution in [3.05, 3.63) is 54.0 Å². The second-order valence-electron chi connectivity index (χ2n) is 5.26. The van der Waals surface area contributed by atoms with Crippen molar-refractivity contribution in [1.29, 1.82) is 0 Å². The van der Waals surface area contributed by atoms with Crippen molar-refractivity contribution in [2.45, 2.75) is 32.8 Å². The molecule has 3 heteroatoms. The monoisotopic (exact) mass is 242 g/mol. The maximum absolute atomic E-state index is 5.69. The molecule has 2 aromatic heterocycles. The summed E-state index contributed by atoms with van der Waals surface area (Å²) in [7, 11) is 0. The molecule has 2 heterocycles. The molecule has 2 rings (SSSR count). The zero-order chi connectivity index (χ0) is 13.0. The lowest BCUT2D eigenvalue weighted by atomic mass is 9.92. The largest absolute Gasteiger partial charge is 0.473 e. The molecule has 0 radical (unpaired) electrons. The van der Waals surface area contributed by atoms with Crippen LogP contribution in [0.3, 0.4) is 0 Å². The molecule has 0 atom stereocenters. The van der Waals surface area contributed by atoms with Crippen molar-refractivity contribution in [3.8, 4) is 5.88 Å². The molecule has 94 valence electrons. The predicted molar refractivity (Wildman–Crippen MR) is 71.5 cm³/mol. The Labute approximate surface area is 108 Å². The summed E-state index contributed by atoms with van der Waals surface area (Å²) in [6.07, 6.45) is 3.52. The van der Waals surface area contributed by atoms with Crippen molar-refractivity contribution in [1.82, 2.24) is 9.97 Å². The Morgan fingerprint density at radius 3 is 2.44 bits per heavy atom. The Morgan fingerprint density at radius 2 is 1.78 bits per heavy atom. The summed E-state index contributed by atoms with van der Waals surface area (Å²) in [6, 6.07) is 9.77. The molecule has 0 spiro atoms. The summed E-state index contributed by atoms with van der Waals surface area (Å²) in [5.74, 6) is 0.666. The molecule has 0 bridgehead atoms. The Bertz CT molecular complexity index is 503. The number of hydrogen-bond acceptors (Lipinski definition) is 3. The number of ether oxygens (including phenoxy) is 1. The number of nitrogens with zero attached hydrogens (tertiary/aromatic N) is 2. The molecule has 0 aliphatic rings. The van der Waals surface area contributed by atoms with E-state index in [0.717, 1.165) is 11.3 Å². The molecule has 0 aliphatic carbocycles. The van der Waals surface area contributed by atoms with Crippen LogP contribution < -0.4 is 4.74 Å². The van der Waals surface area contributed by atoms with E-state index >= 15 is 0 Å². The highest BCUT2D eigenvalue weighted by molar-refractivity contribution is 5.21. The normalized spacial score (nSPS) is 11.3. The zero-order valence-electron chi connectivity index (χ0n) is 11.1. The summed E-state index contributed by atoms with van der Waals surface area (Å²) < 4.78 is 5.69. The summed E-state index contributed by atoms with van der Waals surface area (Å²) in [5.41, 5.74) is 2.17. The zero-order valence-corrected chi connectivity index (χ0v) is 11.1. The van der Waals surface area contributed by atoms with Gasteiger partial charge in [-0.15, -0.1) is 0 Å². The maximum Gasteiger partial charge on any atom is 0.213 e. The third-order valence-electron chi connectivity index (χ3n) is 2.63. The van der Waals surface area contributed by atoms with E-state index in [1.807, 2.05) is 30.3 Å². The van der Waals surface area contributed by atoms with Crippen LogP contribution in [0, 0.1) is 0 Å². The Morgan fingerprint density at radius 1 is 1.06 bits per heavy atom. The molecule has 0 fully saturated rings. The van der Waals surface area contributed by atoms with Crippen LogP contribution in [-0.4, -0.2) is 9.97 Å². The van der Waals surface area contributed by atoms with Crippen molar-refractivity contribution >= 4 is 0 Å². The van der Waals surface area contributed by atoms with Crippen LogP contribution in [0.4, 0.5) is 0 Å². The molecule has 0 saturated carbocycles. The van der Waals surface area contributed by atoms with Gasteiger partial charge in [0, 0.05) is 29.6 Å². The number of hydrogen-bond donors (Lipinski definition) is 0. The summed E-state index contributed by atoms with van der Waals surface area (Å²) >= 11 is 0. The lowest BCUT2D eigenvalue weighted by molar-refractivity contribution is 0.291. The Balaban J connectivity index is 2.06. The highest BCUT2D eigenvalue weighted by Gasteiger charge is 2.15. The number of pyridine rings is 2. The molecular formula is C15H18N2O. The predicted octanol–water partition coefficient (Wildman–Crippen LogP) is 3.35. The third-order valence-corrected chi connectivity index (χ3v) is 2.63. The van der Waals surface area contributed by atoms with Gasteiger partial charge in [0.05, 0.1) is 0 Å². The minimum atomic E-state index is 0.0377. The van der Waals surface area contributed by atoms with Crippen LogP contribution in [0.5, 0.6) is 5.88 Å². The van der Waals surface area contributed by atoms with E-state index in [2.05, 4.69) is 30.7 Å². The average molecular weight is 242 g/mol. The second-order valence-corrected chi connectivity index (χ2v) is 5.26. The first kappa shape index (κ1) is 12.6. The van der Waals surface area contributed by atoms with Crippen molar-refractivity contribution < 1.29 is 4.74 Å². The number of aromatic nitrogens is 2. The topological polar surface area (TPSA) is 35.0 Å². The van der Waals surface area contributed by atoms with E-state index in [1.165, 1.54) is 0 Å². The van der Waals surface area contributed by atoms with Gasteiger partial charge < -0.3 is 4.74 Å². The number of rotatable bonds is 3. The third kappa shape index (κ3) is 3.29. The molecule has 3 nitrogen and oxygen atoms in total. The van der Waals surface area contributed by atoms with Crippen molar-refractivity contribution in [2.24, 2.45) is 0 Å². The van der Waals surface area contributed by atoms with Gasteiger partial charge in [-0.05, 0) is 23.8 Å². The van der Waals surface area contributed by atoms with Crippen LogP contribution in [0.1, 0.15) is 32.0 Å². The first-order valence-electron chi connectivity index (χ1n) is 6.05. The van der Waals surface area contributed by atoms with Gasteiger partial charge in [0.15, 0.2) is 0 Å². The van der Waals surface area contributed by atoms with E-state index in [0.29, 0.717) is 12.5 Å². The summed E-state index contributed by atoms with van der Waals surface area (Å²) in [6.45, 7) is 6.94. The molecule has 18 heavy (non-hydrogen) atoms. The smallest absolute Gasteiger partial charge is 0.213 e. The van der Waals surface area contributed by atoms with Crippen LogP contribution in [0.2, 0.25) is 0 Å². The van der Waals surface area contributed by atoms with Gasteiger partial charge >= 0.3 is 0 Å². The fourth-order valence-electron chi connectivity index (χ4n) is 1.55. The molecule has 0 N–H and O–H groups in total. The van der Waals surface area contributed by atoms with Crippen molar-refractivity contribution in [3.63, 3.8) is 0 Å². The van der Waals surface area contributed by atoms with Gasteiger partial charge in [0.25, 0.3) is 0 Å². The summed E-state index contributed by atoms with van der Waals surface area (Å²) in [5, 5.41) is 0. The highest BCUT2D eigenvalue weighted by atomic mass is 16.5. The van der Waals surface area contributed by atoms with Crippen LogP contribution in [0.25, 0.3) is 0 Å². The SMILES string of the molecule is CC(C)(C)c1cccc(OCc2ccncc2)n1. The first-order chi connectivity index (χ1) is 8.55. The van der Waals surface area contributed by atoms with Gasteiger partial charge in [-0.1, -0.05) is 26.8 Å². The van der Waals surface area contributed by atoms with Gasteiger partial charge in [0.2, 0.25) is 5.88 Å². The summed E-state index contributed by atoms with van der Waals surface area (Å²) in [4.78, 5) is 8.50. The van der Waals surface area contributed by atoms with Crippen LogP contribution >= 0.6 is 0 Å². The fraction of sp³-hybridized carbons (Fsp3) is 0.333. The van der Waals surface area contributed by atoms with E-state index in [9.17, 15) is 0 Å². The lowest BCUT2D eigenvalue weighted by Crippen LogP contribution is -2.13. The molecule has 0 unspecified atom stereocenters. The minimum absolute atomic E-state index is 0.0377. The maximum atomic E-state index is 5.69.